The van der Waals surface area contributed by atoms with Crippen LogP contribution in [0.1, 0.15) is 296 Å². The second-order valence-corrected chi connectivity index (χ2v) is 19.2. The Balaban J connectivity index is 3.62. The Hall–Kier alpha value is -1.43. The summed E-state index contributed by atoms with van der Waals surface area (Å²) in [5, 5.41) is 33.4. The van der Waals surface area contributed by atoms with Crippen LogP contribution in [0.3, 0.4) is 0 Å². The zero-order chi connectivity index (χ0) is 45.1. The van der Waals surface area contributed by atoms with Crippen LogP contribution in [-0.4, -0.2) is 46.1 Å². The van der Waals surface area contributed by atoms with Crippen LogP contribution in [0.25, 0.3) is 0 Å². The van der Waals surface area contributed by atoms with Crippen molar-refractivity contribution < 1.29 is 20.1 Å². The molecule has 1 amide bonds. The molecule has 0 aliphatic rings. The highest BCUT2D eigenvalue weighted by atomic mass is 16.3. The highest BCUT2D eigenvalue weighted by molar-refractivity contribution is 5.76. The summed E-state index contributed by atoms with van der Waals surface area (Å²) in [6.07, 6.45) is 67.6. The molecule has 5 nitrogen and oxygen atoms in total. The molecule has 3 unspecified atom stereocenters. The zero-order valence-corrected chi connectivity index (χ0v) is 41.8. The van der Waals surface area contributed by atoms with E-state index in [9.17, 15) is 20.1 Å². The first kappa shape index (κ1) is 60.6. The molecule has 0 fully saturated rings. The quantitative estimate of drug-likeness (QED) is 0.0362. The Morgan fingerprint density at radius 3 is 1.03 bits per heavy atom. The summed E-state index contributed by atoms with van der Waals surface area (Å²) in [5.74, 6) is -0.324. The van der Waals surface area contributed by atoms with E-state index in [1.165, 1.54) is 238 Å². The SMILES string of the molecule is CCCCCCCCCCCCCC/C=C\CCCCCCCCCCC(O)CC(=O)NC(CO)C(O)/C=C/CC/C=C/CCCCCCCCCCCCCCCCCCC. The van der Waals surface area contributed by atoms with E-state index in [1.54, 1.807) is 6.08 Å². The van der Waals surface area contributed by atoms with Gasteiger partial charge in [0.05, 0.1) is 31.3 Å². The van der Waals surface area contributed by atoms with E-state index in [0.717, 1.165) is 32.1 Å². The molecule has 5 heteroatoms. The fourth-order valence-electron chi connectivity index (χ4n) is 8.65. The maximum absolute atomic E-state index is 12.5. The first-order chi connectivity index (χ1) is 30.5. The predicted octanol–water partition coefficient (Wildman–Crippen LogP) is 17.1. The van der Waals surface area contributed by atoms with E-state index in [0.29, 0.717) is 6.42 Å². The third-order valence-electron chi connectivity index (χ3n) is 12.9. The molecule has 4 N–H and O–H groups in total. The third kappa shape index (κ3) is 48.0. The van der Waals surface area contributed by atoms with Crippen LogP contribution in [0.2, 0.25) is 0 Å². The lowest BCUT2D eigenvalue weighted by molar-refractivity contribution is -0.124. The van der Waals surface area contributed by atoms with Crippen LogP contribution in [0.15, 0.2) is 36.5 Å². The molecular formula is C57H109NO4. The zero-order valence-electron chi connectivity index (χ0n) is 41.8. The van der Waals surface area contributed by atoms with Gasteiger partial charge in [-0.15, -0.1) is 0 Å². The van der Waals surface area contributed by atoms with Crippen LogP contribution >= 0.6 is 0 Å². The monoisotopic (exact) mass is 872 g/mol. The lowest BCUT2D eigenvalue weighted by Crippen LogP contribution is -2.45. The van der Waals surface area contributed by atoms with Gasteiger partial charge in [0.15, 0.2) is 0 Å². The molecule has 0 aliphatic carbocycles. The van der Waals surface area contributed by atoms with Gasteiger partial charge in [0, 0.05) is 0 Å². The minimum atomic E-state index is -0.953. The number of carbonyl (C=O) groups is 1. The molecule has 62 heavy (non-hydrogen) atoms. The van der Waals surface area contributed by atoms with Crippen LogP contribution in [0.4, 0.5) is 0 Å². The lowest BCUT2D eigenvalue weighted by atomic mass is 10.0. The minimum Gasteiger partial charge on any atom is -0.394 e. The summed E-state index contributed by atoms with van der Waals surface area (Å²) in [4.78, 5) is 12.5. The van der Waals surface area contributed by atoms with Gasteiger partial charge in [0.25, 0.3) is 0 Å². The molecule has 0 aromatic heterocycles. The van der Waals surface area contributed by atoms with E-state index in [2.05, 4.69) is 43.5 Å². The van der Waals surface area contributed by atoms with Crippen molar-refractivity contribution in [3.05, 3.63) is 36.5 Å². The van der Waals surface area contributed by atoms with Gasteiger partial charge in [-0.2, -0.15) is 0 Å². The normalized spacial score (nSPS) is 13.6. The van der Waals surface area contributed by atoms with Crippen molar-refractivity contribution in [2.24, 2.45) is 0 Å². The average molecular weight is 873 g/mol. The molecule has 0 aromatic rings. The smallest absolute Gasteiger partial charge is 0.222 e. The average Bonchev–Trinajstić information content (AvgIpc) is 3.27. The van der Waals surface area contributed by atoms with Crippen molar-refractivity contribution in [2.45, 2.75) is 315 Å². The summed E-state index contributed by atoms with van der Waals surface area (Å²) in [6, 6.07) is -0.763. The number of hydrogen-bond donors (Lipinski definition) is 4. The summed E-state index contributed by atoms with van der Waals surface area (Å²) >= 11 is 0. The number of unbranched alkanes of at least 4 members (excludes halogenated alkanes) is 38. The maximum atomic E-state index is 12.5. The first-order valence-electron chi connectivity index (χ1n) is 27.8. The van der Waals surface area contributed by atoms with E-state index >= 15 is 0 Å². The second-order valence-electron chi connectivity index (χ2n) is 19.2. The molecule has 3 atom stereocenters. The minimum absolute atomic E-state index is 0.00493. The van der Waals surface area contributed by atoms with E-state index in [1.807, 2.05) is 6.08 Å². The standard InChI is InChI=1S/C57H109NO4/c1-3-5-7-9-11-13-15-17-19-21-23-25-27-29-30-32-34-36-38-40-42-44-46-48-50-54(60)52-57(62)58-55(53-59)56(61)51-49-47-45-43-41-39-37-35-33-31-28-26-24-22-20-18-16-14-12-10-8-6-4-2/h29-30,41,43,49,51,54-56,59-61H,3-28,31-40,42,44-48,50,52-53H2,1-2H3,(H,58,62)/b30-29-,43-41+,51-49+. The highest BCUT2D eigenvalue weighted by Gasteiger charge is 2.20. The summed E-state index contributed by atoms with van der Waals surface area (Å²) in [6.45, 7) is 4.23. The van der Waals surface area contributed by atoms with Crippen LogP contribution in [0.5, 0.6) is 0 Å². The number of aliphatic hydroxyl groups is 3. The molecular weight excluding hydrogens is 763 g/mol. The van der Waals surface area contributed by atoms with Crippen molar-refractivity contribution in [2.75, 3.05) is 6.61 Å². The van der Waals surface area contributed by atoms with Crippen LogP contribution < -0.4 is 5.32 Å². The molecule has 366 valence electrons. The van der Waals surface area contributed by atoms with Gasteiger partial charge >= 0.3 is 0 Å². The number of allylic oxidation sites excluding steroid dienone is 5. The molecule has 0 saturated heterocycles. The fourth-order valence-corrected chi connectivity index (χ4v) is 8.65. The molecule has 0 radical (unpaired) electrons. The number of carbonyl (C=O) groups excluding carboxylic acids is 1. The Kier molecular flexibility index (Phi) is 51.0. The number of hydrogen-bond acceptors (Lipinski definition) is 4. The molecule has 0 rings (SSSR count). The van der Waals surface area contributed by atoms with Gasteiger partial charge in [-0.25, -0.2) is 0 Å². The van der Waals surface area contributed by atoms with E-state index in [-0.39, 0.29) is 18.9 Å². The number of aliphatic hydroxyl groups excluding tert-OH is 3. The second kappa shape index (κ2) is 52.2. The molecule has 0 saturated carbocycles. The predicted molar refractivity (Wildman–Crippen MR) is 273 cm³/mol. The van der Waals surface area contributed by atoms with Crippen molar-refractivity contribution in [3.8, 4) is 0 Å². The van der Waals surface area contributed by atoms with Gasteiger partial charge in [-0.1, -0.05) is 269 Å². The van der Waals surface area contributed by atoms with Crippen molar-refractivity contribution in [3.63, 3.8) is 0 Å². The first-order valence-corrected chi connectivity index (χ1v) is 27.8. The Labute approximate surface area is 387 Å². The molecule has 0 aromatic carbocycles. The van der Waals surface area contributed by atoms with Gasteiger partial charge in [-0.3, -0.25) is 4.79 Å². The van der Waals surface area contributed by atoms with Crippen LogP contribution in [-0.2, 0) is 4.79 Å². The van der Waals surface area contributed by atoms with Gasteiger partial charge in [-0.05, 0) is 57.8 Å². The summed E-state index contributed by atoms with van der Waals surface area (Å²) in [5.41, 5.74) is 0. The highest BCUT2D eigenvalue weighted by Crippen LogP contribution is 2.17. The van der Waals surface area contributed by atoms with Crippen molar-refractivity contribution in [1.29, 1.82) is 0 Å². The Morgan fingerprint density at radius 1 is 0.403 bits per heavy atom. The van der Waals surface area contributed by atoms with Gasteiger partial charge in [0.2, 0.25) is 5.91 Å². The number of nitrogens with one attached hydrogen (secondary N) is 1. The third-order valence-corrected chi connectivity index (χ3v) is 12.9. The van der Waals surface area contributed by atoms with E-state index in [4.69, 9.17) is 0 Å². The lowest BCUT2D eigenvalue weighted by Gasteiger charge is -2.21. The van der Waals surface area contributed by atoms with Crippen molar-refractivity contribution in [1.82, 2.24) is 5.32 Å². The fraction of sp³-hybridized carbons (Fsp3) is 0.877. The number of amides is 1. The largest absolute Gasteiger partial charge is 0.394 e. The summed E-state index contributed by atoms with van der Waals surface area (Å²) in [7, 11) is 0. The summed E-state index contributed by atoms with van der Waals surface area (Å²) < 4.78 is 0. The Bertz CT molecular complexity index is 962. The van der Waals surface area contributed by atoms with Crippen LogP contribution in [0, 0.1) is 0 Å². The van der Waals surface area contributed by atoms with Gasteiger partial charge in [0.1, 0.15) is 0 Å². The number of rotatable bonds is 51. The maximum Gasteiger partial charge on any atom is 0.222 e. The Morgan fingerprint density at radius 2 is 0.694 bits per heavy atom. The molecule has 0 heterocycles. The molecule has 0 bridgehead atoms. The van der Waals surface area contributed by atoms with Gasteiger partial charge < -0.3 is 20.6 Å². The van der Waals surface area contributed by atoms with E-state index < -0.39 is 18.2 Å². The van der Waals surface area contributed by atoms with Crippen molar-refractivity contribution >= 4 is 5.91 Å². The topological polar surface area (TPSA) is 89.8 Å². The molecule has 0 aliphatic heterocycles. The molecule has 0 spiro atoms.